The Hall–Kier alpha value is -2.57. The van der Waals surface area contributed by atoms with Gasteiger partial charge in [-0.3, -0.25) is 4.79 Å². The number of hydrogen-bond donors (Lipinski definition) is 9. The summed E-state index contributed by atoms with van der Waals surface area (Å²) in [6, 6.07) is -0.943. The molecule has 9 N–H and O–H groups in total. The number of allylic oxidation sites excluding steroid dienone is 11. The largest absolute Gasteiger partial charge is 0.394 e. The molecule has 0 aromatic carbocycles. The Balaban J connectivity index is 1.70. The highest BCUT2D eigenvalue weighted by Crippen LogP contribution is 2.30. The van der Waals surface area contributed by atoms with Gasteiger partial charge in [-0.05, 0) is 83.5 Å². The number of rotatable bonds is 58. The lowest BCUT2D eigenvalue weighted by atomic mass is 9.97. The van der Waals surface area contributed by atoms with Crippen LogP contribution in [0.5, 0.6) is 0 Å². The van der Waals surface area contributed by atoms with Crippen molar-refractivity contribution in [1.29, 1.82) is 0 Å². The third-order valence-electron chi connectivity index (χ3n) is 17.1. The van der Waals surface area contributed by atoms with Crippen molar-refractivity contribution in [2.24, 2.45) is 0 Å². The summed E-state index contributed by atoms with van der Waals surface area (Å²) >= 11 is 0. The van der Waals surface area contributed by atoms with E-state index >= 15 is 0 Å². The maximum Gasteiger partial charge on any atom is 0.220 e. The third-order valence-corrected chi connectivity index (χ3v) is 17.1. The zero-order valence-corrected chi connectivity index (χ0v) is 55.0. The number of ether oxygens (including phenoxy) is 4. The van der Waals surface area contributed by atoms with Gasteiger partial charge >= 0.3 is 0 Å². The highest BCUT2D eigenvalue weighted by atomic mass is 16.7. The minimum absolute atomic E-state index is 0.253. The van der Waals surface area contributed by atoms with E-state index in [1.165, 1.54) is 199 Å². The fraction of sp³-hybridized carbons (Fsp3) is 0.822. The molecule has 0 radical (unpaired) electrons. The number of amides is 1. The van der Waals surface area contributed by atoms with E-state index in [4.69, 9.17) is 18.9 Å². The smallest absolute Gasteiger partial charge is 0.220 e. The molecule has 0 aromatic heterocycles. The van der Waals surface area contributed by atoms with Gasteiger partial charge in [-0.1, -0.05) is 273 Å². The van der Waals surface area contributed by atoms with Crippen molar-refractivity contribution < 1.29 is 64.6 Å². The van der Waals surface area contributed by atoms with Crippen LogP contribution in [0.15, 0.2) is 72.9 Å². The van der Waals surface area contributed by atoms with E-state index in [2.05, 4.69) is 79.9 Å². The van der Waals surface area contributed by atoms with Gasteiger partial charge in [0, 0.05) is 6.42 Å². The summed E-state index contributed by atoms with van der Waals surface area (Å²) in [7, 11) is 0. The molecule has 2 saturated heterocycles. The van der Waals surface area contributed by atoms with Gasteiger partial charge in [0.05, 0.1) is 32.0 Å². The summed E-state index contributed by atoms with van der Waals surface area (Å²) in [5, 5.41) is 87.4. The van der Waals surface area contributed by atoms with Gasteiger partial charge < -0.3 is 65.1 Å². The molecule has 12 atom stereocenters. The summed E-state index contributed by atoms with van der Waals surface area (Å²) in [5.41, 5.74) is 0. The molecule has 2 aliphatic heterocycles. The molecule has 2 fully saturated rings. The van der Waals surface area contributed by atoms with Crippen molar-refractivity contribution in [1.82, 2.24) is 5.32 Å². The van der Waals surface area contributed by atoms with Crippen LogP contribution in [-0.4, -0.2) is 140 Å². The maximum atomic E-state index is 13.3. The molecule has 0 bridgehead atoms. The summed E-state index contributed by atoms with van der Waals surface area (Å²) < 4.78 is 22.8. The number of aliphatic hydroxyl groups excluding tert-OH is 8. The monoisotopic (exact) mass is 1230 g/mol. The van der Waals surface area contributed by atoms with Gasteiger partial charge in [0.15, 0.2) is 12.6 Å². The van der Waals surface area contributed by atoms with Crippen molar-refractivity contribution in [2.45, 2.75) is 364 Å². The molecule has 14 heteroatoms. The lowest BCUT2D eigenvalue weighted by Crippen LogP contribution is -2.65. The van der Waals surface area contributed by atoms with Gasteiger partial charge in [-0.15, -0.1) is 0 Å². The Labute approximate surface area is 529 Å². The van der Waals surface area contributed by atoms with Crippen LogP contribution in [0.1, 0.15) is 290 Å². The molecule has 506 valence electrons. The average Bonchev–Trinajstić information content (AvgIpc) is 1.55. The number of hydrogen-bond acceptors (Lipinski definition) is 13. The summed E-state index contributed by atoms with van der Waals surface area (Å²) in [6.45, 7) is 2.79. The zero-order chi connectivity index (χ0) is 63.1. The van der Waals surface area contributed by atoms with Crippen molar-refractivity contribution in [3.63, 3.8) is 0 Å². The molecule has 0 spiro atoms. The minimum Gasteiger partial charge on any atom is -0.394 e. The molecule has 2 rings (SSSR count). The highest BCUT2D eigenvalue weighted by Gasteiger charge is 2.51. The topological polar surface area (TPSA) is 228 Å². The minimum atomic E-state index is -1.80. The normalized spacial score (nSPS) is 23.7. The number of carbonyl (C=O) groups is 1. The van der Waals surface area contributed by atoms with E-state index in [-0.39, 0.29) is 18.9 Å². The summed E-state index contributed by atoms with van der Waals surface area (Å²) in [6.07, 6.45) is 61.0. The number of carbonyl (C=O) groups excluding carboxylic acids is 1. The Bertz CT molecular complexity index is 1740. The number of nitrogens with one attached hydrogen (secondary N) is 1. The number of aliphatic hydroxyl groups is 8. The molecule has 14 nitrogen and oxygen atoms in total. The molecule has 0 aromatic rings. The molecule has 2 heterocycles. The van der Waals surface area contributed by atoms with Crippen LogP contribution in [0, 0.1) is 0 Å². The summed E-state index contributed by atoms with van der Waals surface area (Å²) in [5.74, 6) is -0.253. The Morgan fingerprint density at radius 2 is 0.770 bits per heavy atom. The molecule has 0 saturated carbocycles. The van der Waals surface area contributed by atoms with Crippen LogP contribution in [0.2, 0.25) is 0 Å². The molecule has 12 unspecified atom stereocenters. The molecular formula is C73H131NO13. The lowest BCUT2D eigenvalue weighted by Gasteiger charge is -2.46. The van der Waals surface area contributed by atoms with Crippen LogP contribution in [-0.2, 0) is 23.7 Å². The van der Waals surface area contributed by atoms with E-state index in [0.717, 1.165) is 57.8 Å². The van der Waals surface area contributed by atoms with E-state index in [1.54, 1.807) is 6.08 Å². The van der Waals surface area contributed by atoms with Crippen LogP contribution in [0.3, 0.4) is 0 Å². The van der Waals surface area contributed by atoms with Crippen LogP contribution < -0.4 is 5.32 Å². The van der Waals surface area contributed by atoms with E-state index < -0.39 is 86.8 Å². The maximum absolute atomic E-state index is 13.3. The second kappa shape index (κ2) is 57.3. The second-order valence-corrected chi connectivity index (χ2v) is 25.0. The van der Waals surface area contributed by atoms with E-state index in [1.807, 2.05) is 6.08 Å². The van der Waals surface area contributed by atoms with Crippen LogP contribution >= 0.6 is 0 Å². The van der Waals surface area contributed by atoms with Gasteiger partial charge in [-0.2, -0.15) is 0 Å². The fourth-order valence-electron chi connectivity index (χ4n) is 11.4. The van der Waals surface area contributed by atoms with Crippen molar-refractivity contribution in [3.8, 4) is 0 Å². The van der Waals surface area contributed by atoms with Crippen molar-refractivity contribution in [3.05, 3.63) is 72.9 Å². The fourth-order valence-corrected chi connectivity index (χ4v) is 11.4. The lowest BCUT2D eigenvalue weighted by molar-refractivity contribution is -0.359. The SMILES string of the molecule is CCCCCCC/C=C\C/C=C\C/C=C\CCCCCCCCCCCCCCCCC(=O)NC(COC1OC(CO)C(OC2OC(CO)C(O)C(O)C2O)C(O)C1O)C(O)/C=C/CC/C=C/CC/C=C/CCCCCCCCCCCCCCCC. The quantitative estimate of drug-likeness (QED) is 0.0204. The molecule has 2 aliphatic rings. The molecular weight excluding hydrogens is 1100 g/mol. The summed E-state index contributed by atoms with van der Waals surface area (Å²) in [4.78, 5) is 13.3. The predicted molar refractivity (Wildman–Crippen MR) is 355 cm³/mol. The zero-order valence-electron chi connectivity index (χ0n) is 55.0. The Kier molecular flexibility index (Phi) is 53.1. The number of unbranched alkanes of at least 4 members (excludes halogenated alkanes) is 35. The second-order valence-electron chi connectivity index (χ2n) is 25.0. The first-order chi connectivity index (χ1) is 42.6. The van der Waals surface area contributed by atoms with Crippen molar-refractivity contribution in [2.75, 3.05) is 19.8 Å². The Morgan fingerprint density at radius 1 is 0.414 bits per heavy atom. The first kappa shape index (κ1) is 80.5. The van der Waals surface area contributed by atoms with Gasteiger partial charge in [0.25, 0.3) is 0 Å². The highest BCUT2D eigenvalue weighted by molar-refractivity contribution is 5.76. The van der Waals surface area contributed by atoms with Crippen LogP contribution in [0.25, 0.3) is 0 Å². The van der Waals surface area contributed by atoms with Gasteiger partial charge in [0.1, 0.15) is 48.8 Å². The predicted octanol–water partition coefficient (Wildman–Crippen LogP) is 14.6. The van der Waals surface area contributed by atoms with Crippen molar-refractivity contribution >= 4 is 5.91 Å². The molecule has 87 heavy (non-hydrogen) atoms. The van der Waals surface area contributed by atoms with Crippen LogP contribution in [0.4, 0.5) is 0 Å². The third kappa shape index (κ3) is 41.5. The first-order valence-corrected chi connectivity index (χ1v) is 35.7. The standard InChI is InChI=1S/C73H131NO13/c1-3-5-7-9-11-13-15-17-19-21-23-25-27-29-30-31-32-33-35-37-39-41-43-45-47-49-51-53-55-57-65(78)74-61(60-84-72-70(83)68(81)71(64(59-76)86-72)87-73-69(82)67(80)66(79)63(58-75)85-73)62(77)56-54-52-50-48-46-44-42-40-38-36-34-28-26-24-22-20-18-16-14-12-10-8-6-4-2/h15,17,21,23,27,29,38,40,46,48,54,56,61-64,66-73,75-77,79-83H,3-14,16,18-20,22,24-26,28,30-37,39,41-45,47,49-53,55,57-60H2,1-2H3,(H,74,78)/b17-15-,23-21-,29-27-,40-38+,48-46+,56-54+. The van der Waals surface area contributed by atoms with E-state index in [9.17, 15) is 45.6 Å². The first-order valence-electron chi connectivity index (χ1n) is 35.7. The van der Waals surface area contributed by atoms with Gasteiger partial charge in [-0.25, -0.2) is 0 Å². The van der Waals surface area contributed by atoms with E-state index in [0.29, 0.717) is 12.8 Å². The molecule has 1 amide bonds. The van der Waals surface area contributed by atoms with Gasteiger partial charge in [0.2, 0.25) is 5.91 Å². The average molecular weight is 1230 g/mol. The Morgan fingerprint density at radius 3 is 1.21 bits per heavy atom. The molecule has 0 aliphatic carbocycles.